The van der Waals surface area contributed by atoms with Crippen molar-refractivity contribution in [3.8, 4) is 16.9 Å². The van der Waals surface area contributed by atoms with E-state index >= 15 is 0 Å². The molecule has 0 amide bonds. The molecular formula is C20H20FNO3. The highest BCUT2D eigenvalue weighted by Crippen LogP contribution is 2.28. The quantitative estimate of drug-likeness (QED) is 0.660. The van der Waals surface area contributed by atoms with Gasteiger partial charge in [0.25, 0.3) is 0 Å². The van der Waals surface area contributed by atoms with E-state index in [1.165, 1.54) is 24.5 Å². The molecule has 25 heavy (non-hydrogen) atoms. The number of hydrogen-bond donors (Lipinski definition) is 2. The molecular weight excluding hydrogens is 321 g/mol. The minimum atomic E-state index is -0.362. The Labute approximate surface area is 144 Å². The second-order valence-electron chi connectivity index (χ2n) is 5.96. The molecule has 0 atom stereocenters. The van der Waals surface area contributed by atoms with Gasteiger partial charge in [-0.1, -0.05) is 25.5 Å². The summed E-state index contributed by atoms with van der Waals surface area (Å²) in [4.78, 5) is 12.8. The fourth-order valence-corrected chi connectivity index (χ4v) is 2.76. The Morgan fingerprint density at radius 2 is 1.92 bits per heavy atom. The van der Waals surface area contributed by atoms with E-state index in [1.807, 2.05) is 0 Å². The number of benzene rings is 2. The third-order valence-electron chi connectivity index (χ3n) is 4.18. The van der Waals surface area contributed by atoms with Gasteiger partial charge in [0.15, 0.2) is 0 Å². The van der Waals surface area contributed by atoms with Crippen molar-refractivity contribution in [3.05, 3.63) is 64.3 Å². The Kier molecular flexibility index (Phi) is 5.14. The Morgan fingerprint density at radius 1 is 1.16 bits per heavy atom. The zero-order chi connectivity index (χ0) is 17.8. The van der Waals surface area contributed by atoms with Crippen molar-refractivity contribution in [3.63, 3.8) is 0 Å². The minimum Gasteiger partial charge on any atom is -0.507 e. The molecule has 1 heterocycles. The third-order valence-corrected chi connectivity index (χ3v) is 4.18. The van der Waals surface area contributed by atoms with Crippen LogP contribution in [0.5, 0.6) is 5.75 Å². The number of fused-ring (bicyclic) bond motifs is 1. The van der Waals surface area contributed by atoms with Gasteiger partial charge in [0.05, 0.1) is 16.5 Å². The SMILES string of the molecule is CCCCNCc1c(O)ccc2c(=O)c(-c3ccc(F)cc3)coc12. The molecule has 0 aliphatic rings. The van der Waals surface area contributed by atoms with Gasteiger partial charge in [0, 0.05) is 6.54 Å². The summed E-state index contributed by atoms with van der Waals surface area (Å²) in [7, 11) is 0. The summed E-state index contributed by atoms with van der Waals surface area (Å²) in [6.45, 7) is 3.35. The zero-order valence-corrected chi connectivity index (χ0v) is 14.0. The van der Waals surface area contributed by atoms with E-state index in [0.717, 1.165) is 19.4 Å². The lowest BCUT2D eigenvalue weighted by molar-refractivity contribution is 0.462. The molecule has 4 nitrogen and oxygen atoms in total. The van der Waals surface area contributed by atoms with E-state index in [2.05, 4.69) is 12.2 Å². The van der Waals surface area contributed by atoms with Crippen molar-refractivity contribution >= 4 is 11.0 Å². The first kappa shape index (κ1) is 17.2. The summed E-state index contributed by atoms with van der Waals surface area (Å²) >= 11 is 0. The Morgan fingerprint density at radius 3 is 2.64 bits per heavy atom. The average Bonchev–Trinajstić information content (AvgIpc) is 2.61. The average molecular weight is 341 g/mol. The van der Waals surface area contributed by atoms with Crippen molar-refractivity contribution in [2.45, 2.75) is 26.3 Å². The van der Waals surface area contributed by atoms with E-state index in [-0.39, 0.29) is 17.0 Å². The number of unbranched alkanes of at least 4 members (excludes halogenated alkanes) is 1. The van der Waals surface area contributed by atoms with Gasteiger partial charge in [-0.25, -0.2) is 4.39 Å². The smallest absolute Gasteiger partial charge is 0.200 e. The van der Waals surface area contributed by atoms with Crippen molar-refractivity contribution in [2.75, 3.05) is 6.54 Å². The normalized spacial score (nSPS) is 11.1. The second-order valence-corrected chi connectivity index (χ2v) is 5.96. The maximum atomic E-state index is 13.1. The van der Waals surface area contributed by atoms with Crippen molar-refractivity contribution in [2.24, 2.45) is 0 Å². The molecule has 0 unspecified atom stereocenters. The lowest BCUT2D eigenvalue weighted by Gasteiger charge is -2.10. The number of phenols is 1. The maximum absolute atomic E-state index is 13.1. The maximum Gasteiger partial charge on any atom is 0.200 e. The zero-order valence-electron chi connectivity index (χ0n) is 14.0. The summed E-state index contributed by atoms with van der Waals surface area (Å²) in [5.41, 5.74) is 1.69. The first-order valence-electron chi connectivity index (χ1n) is 8.35. The first-order valence-corrected chi connectivity index (χ1v) is 8.35. The van der Waals surface area contributed by atoms with E-state index in [4.69, 9.17) is 4.42 Å². The van der Waals surface area contributed by atoms with Gasteiger partial charge < -0.3 is 14.8 Å². The topological polar surface area (TPSA) is 62.5 Å². The molecule has 0 saturated heterocycles. The number of phenolic OH excluding ortho intramolecular Hbond substituents is 1. The number of nitrogens with one attached hydrogen (secondary N) is 1. The lowest BCUT2D eigenvalue weighted by atomic mass is 10.0. The number of rotatable bonds is 6. The third kappa shape index (κ3) is 3.56. The number of halogens is 1. The summed E-state index contributed by atoms with van der Waals surface area (Å²) in [5.74, 6) is -0.270. The van der Waals surface area contributed by atoms with Crippen LogP contribution >= 0.6 is 0 Å². The molecule has 0 spiro atoms. The predicted octanol–water partition coefficient (Wildman–Crippen LogP) is 4.19. The predicted molar refractivity (Wildman–Crippen MR) is 96.2 cm³/mol. The molecule has 0 radical (unpaired) electrons. The van der Waals surface area contributed by atoms with E-state index < -0.39 is 0 Å². The summed E-state index contributed by atoms with van der Waals surface area (Å²) in [6, 6.07) is 8.75. The summed E-state index contributed by atoms with van der Waals surface area (Å²) in [5, 5.41) is 13.8. The Bertz CT molecular complexity index is 932. The second kappa shape index (κ2) is 7.49. The van der Waals surface area contributed by atoms with Crippen LogP contribution in [0, 0.1) is 5.82 Å². The van der Waals surface area contributed by atoms with Crippen LogP contribution in [0.1, 0.15) is 25.3 Å². The molecule has 0 bridgehead atoms. The fourth-order valence-electron chi connectivity index (χ4n) is 2.76. The molecule has 1 aromatic heterocycles. The molecule has 3 aromatic rings. The summed E-state index contributed by atoms with van der Waals surface area (Å²) in [6.07, 6.45) is 3.47. The highest BCUT2D eigenvalue weighted by molar-refractivity contribution is 5.85. The molecule has 0 saturated carbocycles. The monoisotopic (exact) mass is 341 g/mol. The van der Waals surface area contributed by atoms with Gasteiger partial charge in [0.2, 0.25) is 5.43 Å². The van der Waals surface area contributed by atoms with Gasteiger partial charge in [0.1, 0.15) is 23.4 Å². The van der Waals surface area contributed by atoms with Gasteiger partial charge in [-0.05, 0) is 42.8 Å². The largest absolute Gasteiger partial charge is 0.507 e. The molecule has 5 heteroatoms. The standard InChI is InChI=1S/C20H20FNO3/c1-2-3-10-22-11-16-18(23)9-8-15-19(24)17(12-25-20(15)16)13-4-6-14(21)7-5-13/h4-9,12,22-23H,2-3,10-11H2,1H3. The van der Waals surface area contributed by atoms with Gasteiger partial charge >= 0.3 is 0 Å². The van der Waals surface area contributed by atoms with Crippen molar-refractivity contribution in [1.29, 1.82) is 0 Å². The molecule has 0 aliphatic carbocycles. The van der Waals surface area contributed by atoms with Crippen molar-refractivity contribution < 1.29 is 13.9 Å². The highest BCUT2D eigenvalue weighted by atomic mass is 19.1. The molecule has 3 rings (SSSR count). The summed E-state index contributed by atoms with van der Waals surface area (Å²) < 4.78 is 18.8. The Balaban J connectivity index is 2.03. The van der Waals surface area contributed by atoms with Crippen LogP contribution in [-0.4, -0.2) is 11.7 Å². The van der Waals surface area contributed by atoms with E-state index in [1.54, 1.807) is 18.2 Å². The van der Waals surface area contributed by atoms with Crippen LogP contribution < -0.4 is 10.7 Å². The molecule has 130 valence electrons. The lowest BCUT2D eigenvalue weighted by Crippen LogP contribution is -2.15. The van der Waals surface area contributed by atoms with Gasteiger partial charge in [-0.3, -0.25) is 4.79 Å². The van der Waals surface area contributed by atoms with Gasteiger partial charge in [-0.2, -0.15) is 0 Å². The minimum absolute atomic E-state index is 0.0918. The fraction of sp³-hybridized carbons (Fsp3) is 0.250. The highest BCUT2D eigenvalue weighted by Gasteiger charge is 2.14. The van der Waals surface area contributed by atoms with Crippen LogP contribution in [0.4, 0.5) is 4.39 Å². The molecule has 2 aromatic carbocycles. The van der Waals surface area contributed by atoms with Crippen LogP contribution in [0.15, 0.2) is 51.9 Å². The van der Waals surface area contributed by atoms with Crippen LogP contribution in [0.2, 0.25) is 0 Å². The van der Waals surface area contributed by atoms with Crippen LogP contribution in [0.3, 0.4) is 0 Å². The number of hydrogen-bond acceptors (Lipinski definition) is 4. The Hall–Kier alpha value is -2.66. The molecule has 0 fully saturated rings. The van der Waals surface area contributed by atoms with E-state index in [9.17, 15) is 14.3 Å². The van der Waals surface area contributed by atoms with Crippen LogP contribution in [0.25, 0.3) is 22.1 Å². The van der Waals surface area contributed by atoms with Crippen LogP contribution in [-0.2, 0) is 6.54 Å². The molecule has 0 aliphatic heterocycles. The van der Waals surface area contributed by atoms with E-state index in [0.29, 0.717) is 34.2 Å². The van der Waals surface area contributed by atoms with Gasteiger partial charge in [-0.15, -0.1) is 0 Å². The first-order chi connectivity index (χ1) is 12.1. The van der Waals surface area contributed by atoms with Crippen molar-refractivity contribution in [1.82, 2.24) is 5.32 Å². The molecule has 2 N–H and O–H groups in total. The number of aromatic hydroxyl groups is 1.